The highest BCUT2D eigenvalue weighted by Gasteiger charge is 2.30. The number of rotatable bonds is 10. The molecule has 5 heteroatoms. The summed E-state index contributed by atoms with van der Waals surface area (Å²) in [5.41, 5.74) is -0.389. The van der Waals surface area contributed by atoms with Crippen LogP contribution in [0.4, 0.5) is 0 Å². The van der Waals surface area contributed by atoms with E-state index in [0.29, 0.717) is 12.3 Å². The number of hydrogen-bond acceptors (Lipinski definition) is 4. The van der Waals surface area contributed by atoms with Gasteiger partial charge >= 0.3 is 0 Å². The second kappa shape index (κ2) is 9.70. The zero-order chi connectivity index (χ0) is 19.1. The van der Waals surface area contributed by atoms with E-state index in [1.54, 1.807) is 0 Å². The molecule has 0 fully saturated rings. The first kappa shape index (κ1) is 22.5. The molecule has 0 aromatic heterocycles. The van der Waals surface area contributed by atoms with Gasteiger partial charge in [0.05, 0.1) is 6.04 Å². The van der Waals surface area contributed by atoms with Crippen LogP contribution in [0, 0.1) is 11.8 Å². The topological polar surface area (TPSA) is 67.4 Å². The molecule has 0 radical (unpaired) electrons. The Morgan fingerprint density at radius 3 is 1.96 bits per heavy atom. The molecule has 3 atom stereocenters. The van der Waals surface area contributed by atoms with Crippen LogP contribution in [-0.2, 0) is 14.3 Å². The fourth-order valence-corrected chi connectivity index (χ4v) is 2.35. The third-order valence-electron chi connectivity index (χ3n) is 3.90. The maximum absolute atomic E-state index is 12.7. The standard InChI is InChI=1S/C19H36N2O3/c1-10-13(5)17(15(22)11-2)21-18(23)16(12(3)4)20-14(6)24-19(7,8)9/h12-13,16-17,20H,6,10-11H2,1-5,7-9H3,(H,21,23)/t13?,16?,17-/m0/s1. The predicted octanol–water partition coefficient (Wildman–Crippen LogP) is 3.40. The molecule has 2 N–H and O–H groups in total. The van der Waals surface area contributed by atoms with Crippen molar-refractivity contribution in [3.05, 3.63) is 12.5 Å². The van der Waals surface area contributed by atoms with Gasteiger partial charge in [0.1, 0.15) is 11.6 Å². The lowest BCUT2D eigenvalue weighted by atomic mass is 9.93. The highest BCUT2D eigenvalue weighted by atomic mass is 16.5. The van der Waals surface area contributed by atoms with E-state index >= 15 is 0 Å². The van der Waals surface area contributed by atoms with E-state index in [0.717, 1.165) is 6.42 Å². The Hall–Kier alpha value is -1.52. The third kappa shape index (κ3) is 7.84. The molecule has 0 saturated heterocycles. The van der Waals surface area contributed by atoms with E-state index in [2.05, 4.69) is 17.2 Å². The van der Waals surface area contributed by atoms with Crippen LogP contribution in [0.25, 0.3) is 0 Å². The summed E-state index contributed by atoms with van der Waals surface area (Å²) in [7, 11) is 0. The highest BCUT2D eigenvalue weighted by molar-refractivity contribution is 5.91. The van der Waals surface area contributed by atoms with Crippen LogP contribution in [0.15, 0.2) is 12.5 Å². The number of ether oxygens (including phenoxy) is 1. The molecule has 0 saturated carbocycles. The lowest BCUT2D eigenvalue weighted by Gasteiger charge is -2.30. The molecule has 0 heterocycles. The van der Waals surface area contributed by atoms with Gasteiger partial charge in [-0.1, -0.05) is 41.0 Å². The maximum Gasteiger partial charge on any atom is 0.243 e. The first-order chi connectivity index (χ1) is 10.9. The van der Waals surface area contributed by atoms with Gasteiger partial charge in [-0.05, 0) is 39.2 Å². The molecular formula is C19H36N2O3. The Morgan fingerprint density at radius 2 is 1.58 bits per heavy atom. The van der Waals surface area contributed by atoms with Crippen molar-refractivity contribution in [1.82, 2.24) is 10.6 Å². The largest absolute Gasteiger partial charge is 0.474 e. The van der Waals surface area contributed by atoms with Crippen LogP contribution in [0.3, 0.4) is 0 Å². The molecule has 2 unspecified atom stereocenters. The van der Waals surface area contributed by atoms with Crippen LogP contribution in [0.5, 0.6) is 0 Å². The van der Waals surface area contributed by atoms with Crippen molar-refractivity contribution in [3.8, 4) is 0 Å². The summed E-state index contributed by atoms with van der Waals surface area (Å²) < 4.78 is 5.66. The fourth-order valence-electron chi connectivity index (χ4n) is 2.35. The molecule has 1 amide bonds. The van der Waals surface area contributed by atoms with Crippen molar-refractivity contribution in [2.24, 2.45) is 11.8 Å². The van der Waals surface area contributed by atoms with E-state index in [1.165, 1.54) is 0 Å². The van der Waals surface area contributed by atoms with E-state index in [-0.39, 0.29) is 29.1 Å². The van der Waals surface area contributed by atoms with Crippen LogP contribution < -0.4 is 10.6 Å². The van der Waals surface area contributed by atoms with Gasteiger partial charge in [-0.15, -0.1) is 0 Å². The minimum absolute atomic E-state index is 0.0274. The molecule has 0 aliphatic rings. The summed E-state index contributed by atoms with van der Waals surface area (Å²) in [5, 5.41) is 5.97. The summed E-state index contributed by atoms with van der Waals surface area (Å²) in [6.45, 7) is 19.3. The lowest BCUT2D eigenvalue weighted by Crippen LogP contribution is -2.54. The number of ketones is 1. The van der Waals surface area contributed by atoms with Crippen molar-refractivity contribution < 1.29 is 14.3 Å². The van der Waals surface area contributed by atoms with Crippen LogP contribution in [-0.4, -0.2) is 29.4 Å². The Balaban J connectivity index is 5.07. The van der Waals surface area contributed by atoms with Gasteiger partial charge < -0.3 is 15.4 Å². The van der Waals surface area contributed by atoms with Crippen LogP contribution in [0.2, 0.25) is 0 Å². The highest BCUT2D eigenvalue weighted by Crippen LogP contribution is 2.15. The third-order valence-corrected chi connectivity index (χ3v) is 3.90. The van der Waals surface area contributed by atoms with Gasteiger partial charge in [-0.2, -0.15) is 0 Å². The molecule has 0 aliphatic heterocycles. The normalized spacial score (nSPS) is 15.4. The second-order valence-corrected chi connectivity index (χ2v) is 7.70. The van der Waals surface area contributed by atoms with Gasteiger partial charge in [-0.3, -0.25) is 9.59 Å². The summed E-state index contributed by atoms with van der Waals surface area (Å²) in [4.78, 5) is 24.9. The van der Waals surface area contributed by atoms with Gasteiger partial charge in [0.25, 0.3) is 0 Å². The van der Waals surface area contributed by atoms with Crippen molar-refractivity contribution in [1.29, 1.82) is 0 Å². The first-order valence-electron chi connectivity index (χ1n) is 8.90. The Bertz CT molecular complexity index is 438. The minimum atomic E-state index is -0.504. The summed E-state index contributed by atoms with van der Waals surface area (Å²) in [6, 6.07) is -0.955. The monoisotopic (exact) mass is 340 g/mol. The second-order valence-electron chi connectivity index (χ2n) is 7.70. The number of amides is 1. The van der Waals surface area contributed by atoms with E-state index in [9.17, 15) is 9.59 Å². The van der Waals surface area contributed by atoms with Crippen LogP contribution >= 0.6 is 0 Å². The first-order valence-corrected chi connectivity index (χ1v) is 8.90. The van der Waals surface area contributed by atoms with Gasteiger partial charge in [0.15, 0.2) is 11.7 Å². The predicted molar refractivity (Wildman–Crippen MR) is 98.4 cm³/mol. The van der Waals surface area contributed by atoms with Gasteiger partial charge in [0, 0.05) is 6.42 Å². The zero-order valence-corrected chi connectivity index (χ0v) is 16.7. The van der Waals surface area contributed by atoms with Gasteiger partial charge in [-0.25, -0.2) is 0 Å². The number of nitrogens with one attached hydrogen (secondary N) is 2. The molecule has 24 heavy (non-hydrogen) atoms. The summed E-state index contributed by atoms with van der Waals surface area (Å²) in [5.74, 6) is 0.349. The number of hydrogen-bond donors (Lipinski definition) is 2. The van der Waals surface area contributed by atoms with E-state index < -0.39 is 12.1 Å². The van der Waals surface area contributed by atoms with Crippen molar-refractivity contribution in [2.45, 2.75) is 85.9 Å². The maximum atomic E-state index is 12.7. The Kier molecular flexibility index (Phi) is 9.08. The Morgan fingerprint density at radius 1 is 1.04 bits per heavy atom. The van der Waals surface area contributed by atoms with E-state index in [1.807, 2.05) is 55.4 Å². The molecule has 140 valence electrons. The number of carbonyl (C=O) groups is 2. The molecule has 5 nitrogen and oxygen atoms in total. The smallest absolute Gasteiger partial charge is 0.243 e. The minimum Gasteiger partial charge on any atom is -0.474 e. The quantitative estimate of drug-likeness (QED) is 0.598. The Labute approximate surface area is 147 Å². The number of carbonyl (C=O) groups excluding carboxylic acids is 2. The van der Waals surface area contributed by atoms with Gasteiger partial charge in [0.2, 0.25) is 5.91 Å². The fraction of sp³-hybridized carbons (Fsp3) is 0.789. The average Bonchev–Trinajstić information content (AvgIpc) is 2.46. The zero-order valence-electron chi connectivity index (χ0n) is 16.7. The molecule has 0 aliphatic carbocycles. The molecule has 0 aromatic rings. The van der Waals surface area contributed by atoms with Crippen molar-refractivity contribution in [3.63, 3.8) is 0 Å². The summed E-state index contributed by atoms with van der Waals surface area (Å²) in [6.07, 6.45) is 1.24. The van der Waals surface area contributed by atoms with E-state index in [4.69, 9.17) is 4.74 Å². The molecule has 0 bridgehead atoms. The molecular weight excluding hydrogens is 304 g/mol. The average molecular weight is 341 g/mol. The molecule has 0 aromatic carbocycles. The van der Waals surface area contributed by atoms with Crippen molar-refractivity contribution in [2.75, 3.05) is 0 Å². The van der Waals surface area contributed by atoms with Crippen LogP contribution in [0.1, 0.15) is 68.2 Å². The van der Waals surface area contributed by atoms with Crippen molar-refractivity contribution >= 4 is 11.7 Å². The lowest BCUT2D eigenvalue weighted by molar-refractivity contribution is -0.130. The summed E-state index contributed by atoms with van der Waals surface area (Å²) >= 11 is 0. The SMILES string of the molecule is C=C(NC(C(=O)N[C@H](C(=O)CC)C(C)CC)C(C)C)OC(C)(C)C. The molecule has 0 rings (SSSR count). The number of Topliss-reactive ketones (excluding diaryl/α,β-unsaturated/α-hetero) is 1. The molecule has 0 spiro atoms.